The molecule has 1 aromatic rings. The van der Waals surface area contributed by atoms with E-state index in [9.17, 15) is 16.8 Å². The quantitative estimate of drug-likeness (QED) is 0.817. The van der Waals surface area contributed by atoms with Crippen molar-refractivity contribution in [2.24, 2.45) is 5.14 Å². The van der Waals surface area contributed by atoms with E-state index in [2.05, 4.69) is 4.18 Å². The molecule has 1 fully saturated rings. The Balaban J connectivity index is 2.15. The molecule has 2 rings (SSSR count). The van der Waals surface area contributed by atoms with Crippen LogP contribution in [-0.2, 0) is 24.5 Å². The normalized spacial score (nSPS) is 20.5. The van der Waals surface area contributed by atoms with Crippen molar-refractivity contribution in [2.45, 2.75) is 43.5 Å². The first-order valence-corrected chi connectivity index (χ1v) is 10.4. The number of piperidine rings is 1. The molecule has 0 amide bonds. The third kappa shape index (κ3) is 4.98. The van der Waals surface area contributed by atoms with Crippen LogP contribution in [0.3, 0.4) is 0 Å². The fourth-order valence-electron chi connectivity index (χ4n) is 2.72. The Morgan fingerprint density at radius 3 is 2.43 bits per heavy atom. The van der Waals surface area contributed by atoms with Crippen LogP contribution in [0.4, 0.5) is 0 Å². The van der Waals surface area contributed by atoms with E-state index in [1.807, 2.05) is 6.92 Å². The monoisotopic (exact) mass is 362 g/mol. The lowest BCUT2D eigenvalue weighted by molar-refractivity contribution is 0.204. The Bertz CT molecular complexity index is 729. The number of benzene rings is 1. The lowest BCUT2D eigenvalue weighted by atomic mass is 10.0. The summed E-state index contributed by atoms with van der Waals surface area (Å²) in [6.07, 6.45) is 2.66. The molecule has 1 unspecified atom stereocenters. The van der Waals surface area contributed by atoms with Gasteiger partial charge in [-0.1, -0.05) is 24.1 Å². The van der Waals surface area contributed by atoms with Gasteiger partial charge < -0.3 is 0 Å². The van der Waals surface area contributed by atoms with Gasteiger partial charge in [-0.3, -0.25) is 4.18 Å². The topological polar surface area (TPSA) is 107 Å². The predicted molar refractivity (Wildman–Crippen MR) is 86.4 cm³/mol. The lowest BCUT2D eigenvalue weighted by Gasteiger charge is -2.34. The fraction of sp³-hybridized carbons (Fsp3) is 0.571. The molecule has 1 saturated heterocycles. The highest BCUT2D eigenvalue weighted by molar-refractivity contribution is 7.89. The largest absolute Gasteiger partial charge is 0.333 e. The van der Waals surface area contributed by atoms with Gasteiger partial charge >= 0.3 is 10.3 Å². The van der Waals surface area contributed by atoms with Crippen LogP contribution in [-0.4, -0.2) is 40.3 Å². The molecule has 23 heavy (non-hydrogen) atoms. The van der Waals surface area contributed by atoms with Crippen molar-refractivity contribution in [3.8, 4) is 0 Å². The van der Waals surface area contributed by atoms with E-state index in [0.29, 0.717) is 19.4 Å². The second kappa shape index (κ2) is 7.27. The SMILES string of the molecule is Cc1ccc(S(=O)(=O)N2CCCCC2CCOS(N)(=O)=O)cc1. The number of aryl methyl sites for hydroxylation is 1. The first-order chi connectivity index (χ1) is 10.7. The highest BCUT2D eigenvalue weighted by Crippen LogP contribution is 2.27. The Kier molecular flexibility index (Phi) is 5.79. The smallest absolute Gasteiger partial charge is 0.258 e. The van der Waals surface area contributed by atoms with Gasteiger partial charge in [0.15, 0.2) is 0 Å². The van der Waals surface area contributed by atoms with Gasteiger partial charge in [0.25, 0.3) is 0 Å². The summed E-state index contributed by atoms with van der Waals surface area (Å²) in [4.78, 5) is 0.252. The van der Waals surface area contributed by atoms with E-state index >= 15 is 0 Å². The molecule has 1 aliphatic heterocycles. The van der Waals surface area contributed by atoms with Crippen molar-refractivity contribution in [1.29, 1.82) is 0 Å². The van der Waals surface area contributed by atoms with Crippen LogP contribution >= 0.6 is 0 Å². The molecule has 7 nitrogen and oxygen atoms in total. The number of sulfonamides is 1. The molecular weight excluding hydrogens is 340 g/mol. The average molecular weight is 362 g/mol. The van der Waals surface area contributed by atoms with Gasteiger partial charge in [0.2, 0.25) is 10.0 Å². The maximum Gasteiger partial charge on any atom is 0.333 e. The van der Waals surface area contributed by atoms with Crippen molar-refractivity contribution in [2.75, 3.05) is 13.2 Å². The van der Waals surface area contributed by atoms with Crippen LogP contribution in [0.5, 0.6) is 0 Å². The summed E-state index contributed by atoms with van der Waals surface area (Å²) in [6, 6.07) is 6.43. The second-order valence-corrected chi connectivity index (χ2v) is 8.79. The van der Waals surface area contributed by atoms with Crippen molar-refractivity contribution < 1.29 is 21.0 Å². The summed E-state index contributed by atoms with van der Waals surface area (Å²) < 4.78 is 53.3. The Labute approximate surface area is 137 Å². The molecule has 0 radical (unpaired) electrons. The second-order valence-electron chi connectivity index (χ2n) is 5.68. The van der Waals surface area contributed by atoms with Crippen LogP contribution < -0.4 is 5.14 Å². The van der Waals surface area contributed by atoms with Crippen molar-refractivity contribution >= 4 is 20.3 Å². The molecular formula is C14H22N2O5S2. The van der Waals surface area contributed by atoms with Gasteiger partial charge in [-0.15, -0.1) is 0 Å². The number of rotatable bonds is 6. The Morgan fingerprint density at radius 1 is 1.17 bits per heavy atom. The summed E-state index contributed by atoms with van der Waals surface area (Å²) in [5.41, 5.74) is 0.987. The summed E-state index contributed by atoms with van der Waals surface area (Å²) in [7, 11) is -7.60. The highest BCUT2D eigenvalue weighted by Gasteiger charge is 2.33. The van der Waals surface area contributed by atoms with E-state index < -0.39 is 20.3 Å². The zero-order chi connectivity index (χ0) is 17.1. The molecule has 1 aromatic carbocycles. The molecule has 0 saturated carbocycles. The molecule has 1 atom stereocenters. The predicted octanol–water partition coefficient (Wildman–Crippen LogP) is 1.15. The van der Waals surface area contributed by atoms with Crippen molar-refractivity contribution in [1.82, 2.24) is 4.31 Å². The summed E-state index contributed by atoms with van der Waals surface area (Å²) in [6.45, 7) is 2.20. The number of hydrogen-bond acceptors (Lipinski definition) is 5. The molecule has 0 aromatic heterocycles. The van der Waals surface area contributed by atoms with Gasteiger partial charge in [0.05, 0.1) is 11.5 Å². The van der Waals surface area contributed by atoms with Crippen LogP contribution in [0.15, 0.2) is 29.2 Å². The zero-order valence-electron chi connectivity index (χ0n) is 13.0. The standard InChI is InChI=1S/C14H22N2O5S2/c1-12-5-7-14(8-6-12)22(17,18)16-10-3-2-4-13(16)9-11-21-23(15,19)20/h5-8,13H,2-4,9-11H2,1H3,(H2,15,19,20). The van der Waals surface area contributed by atoms with E-state index in [1.165, 1.54) is 4.31 Å². The average Bonchev–Trinajstić information content (AvgIpc) is 2.47. The van der Waals surface area contributed by atoms with Crippen molar-refractivity contribution in [3.05, 3.63) is 29.8 Å². The molecule has 1 heterocycles. The lowest BCUT2D eigenvalue weighted by Crippen LogP contribution is -2.44. The molecule has 9 heteroatoms. The minimum absolute atomic E-state index is 0.122. The van der Waals surface area contributed by atoms with Gasteiger partial charge in [-0.2, -0.15) is 12.7 Å². The van der Waals surface area contributed by atoms with Gasteiger partial charge in [0, 0.05) is 12.6 Å². The summed E-state index contributed by atoms with van der Waals surface area (Å²) in [5.74, 6) is 0. The fourth-order valence-corrected chi connectivity index (χ4v) is 4.78. The van der Waals surface area contributed by atoms with E-state index in [1.54, 1.807) is 24.3 Å². The van der Waals surface area contributed by atoms with E-state index in [-0.39, 0.29) is 17.5 Å². The Morgan fingerprint density at radius 2 is 1.83 bits per heavy atom. The van der Waals surface area contributed by atoms with Gasteiger partial charge in [0.1, 0.15) is 0 Å². The third-order valence-corrected chi connectivity index (χ3v) is 6.36. The van der Waals surface area contributed by atoms with Gasteiger partial charge in [-0.05, 0) is 38.3 Å². The molecule has 0 bridgehead atoms. The van der Waals surface area contributed by atoms with Crippen LogP contribution in [0, 0.1) is 6.92 Å². The Hall–Kier alpha value is -1.00. The molecule has 0 aliphatic carbocycles. The number of nitrogens with zero attached hydrogens (tertiary/aromatic N) is 1. The van der Waals surface area contributed by atoms with Crippen LogP contribution in [0.1, 0.15) is 31.2 Å². The highest BCUT2D eigenvalue weighted by atomic mass is 32.2. The molecule has 130 valence electrons. The summed E-state index contributed by atoms with van der Waals surface area (Å²) >= 11 is 0. The molecule has 2 N–H and O–H groups in total. The minimum atomic E-state index is -4.00. The maximum absolute atomic E-state index is 12.8. The van der Waals surface area contributed by atoms with Crippen LogP contribution in [0.2, 0.25) is 0 Å². The van der Waals surface area contributed by atoms with E-state index in [0.717, 1.165) is 18.4 Å². The summed E-state index contributed by atoms with van der Waals surface area (Å²) in [5, 5.41) is 4.79. The minimum Gasteiger partial charge on any atom is -0.258 e. The first kappa shape index (κ1) is 18.3. The van der Waals surface area contributed by atoms with Gasteiger partial charge in [-0.25, -0.2) is 13.6 Å². The van der Waals surface area contributed by atoms with E-state index in [4.69, 9.17) is 5.14 Å². The third-order valence-electron chi connectivity index (χ3n) is 3.90. The number of hydrogen-bond donors (Lipinski definition) is 1. The zero-order valence-corrected chi connectivity index (χ0v) is 14.6. The number of nitrogens with two attached hydrogens (primary N) is 1. The molecule has 0 spiro atoms. The first-order valence-electron chi connectivity index (χ1n) is 7.46. The van der Waals surface area contributed by atoms with Crippen LogP contribution in [0.25, 0.3) is 0 Å². The molecule has 1 aliphatic rings. The van der Waals surface area contributed by atoms with Crippen molar-refractivity contribution in [3.63, 3.8) is 0 Å². The maximum atomic E-state index is 12.8.